The zero-order valence-corrected chi connectivity index (χ0v) is 21.1. The SMILES string of the molecule is O=C(CN1CCN(CCCN2CCOCC2)CC1)NC(c1ccc(Cl)cc1)c1ccc(Cl)cc1. The van der Waals surface area contributed by atoms with E-state index in [1.165, 1.54) is 6.42 Å². The predicted molar refractivity (Wildman–Crippen MR) is 138 cm³/mol. The maximum absolute atomic E-state index is 13.0. The Morgan fingerprint density at radius 2 is 1.24 bits per heavy atom. The second-order valence-corrected chi connectivity index (χ2v) is 9.90. The lowest BCUT2D eigenvalue weighted by Gasteiger charge is -2.35. The van der Waals surface area contributed by atoms with Crippen molar-refractivity contribution < 1.29 is 9.53 Å². The molecule has 184 valence electrons. The number of ether oxygens (including phenoxy) is 1. The highest BCUT2D eigenvalue weighted by Crippen LogP contribution is 2.25. The van der Waals surface area contributed by atoms with E-state index in [1.54, 1.807) is 0 Å². The van der Waals surface area contributed by atoms with E-state index in [0.29, 0.717) is 16.6 Å². The van der Waals surface area contributed by atoms with Gasteiger partial charge in [-0.15, -0.1) is 0 Å². The molecule has 1 amide bonds. The van der Waals surface area contributed by atoms with Gasteiger partial charge in [0.15, 0.2) is 0 Å². The number of nitrogens with one attached hydrogen (secondary N) is 1. The fourth-order valence-electron chi connectivity index (χ4n) is 4.59. The van der Waals surface area contributed by atoms with Crippen LogP contribution in [0.3, 0.4) is 0 Å². The Balaban J connectivity index is 1.25. The highest BCUT2D eigenvalue weighted by molar-refractivity contribution is 6.30. The van der Waals surface area contributed by atoms with E-state index in [1.807, 2.05) is 48.5 Å². The van der Waals surface area contributed by atoms with Crippen LogP contribution in [0, 0.1) is 0 Å². The number of halogens is 2. The lowest BCUT2D eigenvalue weighted by atomic mass is 9.98. The summed E-state index contributed by atoms with van der Waals surface area (Å²) in [4.78, 5) is 20.2. The van der Waals surface area contributed by atoms with Crippen molar-refractivity contribution in [2.24, 2.45) is 0 Å². The molecule has 1 N–H and O–H groups in total. The van der Waals surface area contributed by atoms with E-state index in [4.69, 9.17) is 27.9 Å². The summed E-state index contributed by atoms with van der Waals surface area (Å²) in [5, 5.41) is 4.57. The predicted octanol–water partition coefficient (Wildman–Crippen LogP) is 3.54. The summed E-state index contributed by atoms with van der Waals surface area (Å²) in [6, 6.07) is 15.0. The monoisotopic (exact) mass is 504 g/mol. The van der Waals surface area contributed by atoms with Crippen molar-refractivity contribution in [3.8, 4) is 0 Å². The van der Waals surface area contributed by atoms with Crippen molar-refractivity contribution in [1.29, 1.82) is 0 Å². The molecule has 2 heterocycles. The molecule has 8 heteroatoms. The first-order chi connectivity index (χ1) is 16.6. The molecule has 2 fully saturated rings. The molecule has 34 heavy (non-hydrogen) atoms. The largest absolute Gasteiger partial charge is 0.379 e. The maximum atomic E-state index is 13.0. The molecule has 2 aliphatic rings. The van der Waals surface area contributed by atoms with Gasteiger partial charge in [0, 0.05) is 49.3 Å². The number of morpholine rings is 1. The number of carbonyl (C=O) groups excluding carboxylic acids is 1. The minimum absolute atomic E-state index is 0.0238. The van der Waals surface area contributed by atoms with Crippen molar-refractivity contribution in [2.75, 3.05) is 72.1 Å². The summed E-state index contributed by atoms with van der Waals surface area (Å²) in [6.45, 7) is 10.3. The van der Waals surface area contributed by atoms with Gasteiger partial charge in [-0.05, 0) is 54.9 Å². The third kappa shape index (κ3) is 7.67. The Morgan fingerprint density at radius 1 is 0.765 bits per heavy atom. The molecule has 0 radical (unpaired) electrons. The summed E-state index contributed by atoms with van der Waals surface area (Å²) >= 11 is 12.2. The number of amides is 1. The lowest BCUT2D eigenvalue weighted by Crippen LogP contribution is -2.50. The third-order valence-electron chi connectivity index (χ3n) is 6.60. The van der Waals surface area contributed by atoms with Crippen LogP contribution in [0.25, 0.3) is 0 Å². The molecule has 0 spiro atoms. The second kappa shape index (κ2) is 12.9. The Bertz CT molecular complexity index is 851. The highest BCUT2D eigenvalue weighted by Gasteiger charge is 2.22. The molecule has 2 saturated heterocycles. The van der Waals surface area contributed by atoms with E-state index < -0.39 is 0 Å². The average Bonchev–Trinajstić information content (AvgIpc) is 2.86. The molecule has 0 bridgehead atoms. The van der Waals surface area contributed by atoms with Gasteiger partial charge in [0.1, 0.15) is 0 Å². The number of hydrogen-bond donors (Lipinski definition) is 1. The number of carbonyl (C=O) groups is 1. The number of piperazine rings is 1. The van der Waals surface area contributed by atoms with Crippen LogP contribution in [-0.4, -0.2) is 92.7 Å². The van der Waals surface area contributed by atoms with Crippen LogP contribution >= 0.6 is 23.2 Å². The van der Waals surface area contributed by atoms with Crippen molar-refractivity contribution in [3.63, 3.8) is 0 Å². The van der Waals surface area contributed by atoms with Gasteiger partial charge < -0.3 is 15.0 Å². The summed E-state index contributed by atoms with van der Waals surface area (Å²) < 4.78 is 5.42. The van der Waals surface area contributed by atoms with Gasteiger partial charge in [-0.25, -0.2) is 0 Å². The molecule has 0 atom stereocenters. The van der Waals surface area contributed by atoms with Crippen molar-refractivity contribution in [2.45, 2.75) is 12.5 Å². The molecule has 2 aromatic carbocycles. The Hall–Kier alpha value is -1.67. The standard InChI is InChI=1S/C26H34Cl2N4O2/c27-23-6-2-21(3-7-23)26(22-4-8-24(28)9-5-22)29-25(33)20-32-14-12-30(13-15-32)10-1-11-31-16-18-34-19-17-31/h2-9,26H,1,10-20H2,(H,29,33). The fraction of sp³-hybridized carbons (Fsp3) is 0.500. The van der Waals surface area contributed by atoms with E-state index in [0.717, 1.165) is 76.7 Å². The quantitative estimate of drug-likeness (QED) is 0.565. The molecule has 6 nitrogen and oxygen atoms in total. The fourth-order valence-corrected chi connectivity index (χ4v) is 4.84. The van der Waals surface area contributed by atoms with Gasteiger partial charge in [0.2, 0.25) is 5.91 Å². The zero-order valence-electron chi connectivity index (χ0n) is 19.6. The van der Waals surface area contributed by atoms with Gasteiger partial charge >= 0.3 is 0 Å². The van der Waals surface area contributed by atoms with Crippen LogP contribution in [-0.2, 0) is 9.53 Å². The van der Waals surface area contributed by atoms with Gasteiger partial charge in [-0.3, -0.25) is 14.6 Å². The number of nitrogens with zero attached hydrogens (tertiary/aromatic N) is 3. The van der Waals surface area contributed by atoms with Gasteiger partial charge in [0.05, 0.1) is 25.8 Å². The molecule has 0 unspecified atom stereocenters. The van der Waals surface area contributed by atoms with E-state index in [2.05, 4.69) is 20.0 Å². The normalized spacial score (nSPS) is 18.3. The Labute approximate surface area is 212 Å². The first kappa shape index (κ1) is 25.4. The van der Waals surface area contributed by atoms with Crippen molar-refractivity contribution in [1.82, 2.24) is 20.0 Å². The minimum atomic E-state index is -0.247. The summed E-state index contributed by atoms with van der Waals surface area (Å²) in [5.41, 5.74) is 1.98. The molecule has 2 aliphatic heterocycles. The van der Waals surface area contributed by atoms with Crippen LogP contribution in [0.1, 0.15) is 23.6 Å². The van der Waals surface area contributed by atoms with E-state index in [-0.39, 0.29) is 11.9 Å². The van der Waals surface area contributed by atoms with Gasteiger partial charge in [-0.1, -0.05) is 47.5 Å². The average molecular weight is 505 g/mol. The third-order valence-corrected chi connectivity index (χ3v) is 7.10. The first-order valence-corrected chi connectivity index (χ1v) is 12.9. The molecule has 0 aliphatic carbocycles. The maximum Gasteiger partial charge on any atom is 0.234 e. The van der Waals surface area contributed by atoms with Gasteiger partial charge in [-0.2, -0.15) is 0 Å². The number of rotatable bonds is 9. The van der Waals surface area contributed by atoms with Crippen LogP contribution < -0.4 is 5.32 Å². The van der Waals surface area contributed by atoms with Crippen LogP contribution in [0.5, 0.6) is 0 Å². The first-order valence-electron chi connectivity index (χ1n) is 12.1. The lowest BCUT2D eigenvalue weighted by molar-refractivity contribution is -0.123. The highest BCUT2D eigenvalue weighted by atomic mass is 35.5. The van der Waals surface area contributed by atoms with Gasteiger partial charge in [0.25, 0.3) is 0 Å². The topological polar surface area (TPSA) is 48.1 Å². The zero-order chi connectivity index (χ0) is 23.8. The Morgan fingerprint density at radius 3 is 1.76 bits per heavy atom. The summed E-state index contributed by atoms with van der Waals surface area (Å²) in [6.07, 6.45) is 1.18. The number of benzene rings is 2. The van der Waals surface area contributed by atoms with Crippen molar-refractivity contribution in [3.05, 3.63) is 69.7 Å². The molecule has 0 saturated carbocycles. The molecule has 4 rings (SSSR count). The molecular formula is C26H34Cl2N4O2. The van der Waals surface area contributed by atoms with Crippen LogP contribution in [0.2, 0.25) is 10.0 Å². The van der Waals surface area contributed by atoms with Crippen LogP contribution in [0.15, 0.2) is 48.5 Å². The molecule has 0 aromatic heterocycles. The molecular weight excluding hydrogens is 471 g/mol. The van der Waals surface area contributed by atoms with E-state index in [9.17, 15) is 4.79 Å². The Kier molecular flexibility index (Phi) is 9.62. The summed E-state index contributed by atoms with van der Waals surface area (Å²) in [7, 11) is 0. The van der Waals surface area contributed by atoms with Crippen LogP contribution in [0.4, 0.5) is 0 Å². The minimum Gasteiger partial charge on any atom is -0.379 e. The smallest absolute Gasteiger partial charge is 0.234 e. The summed E-state index contributed by atoms with van der Waals surface area (Å²) in [5.74, 6) is 0.0238. The second-order valence-electron chi connectivity index (χ2n) is 9.03. The van der Waals surface area contributed by atoms with Crippen molar-refractivity contribution >= 4 is 29.1 Å². The molecule has 2 aromatic rings. The van der Waals surface area contributed by atoms with E-state index >= 15 is 0 Å². The number of hydrogen-bond acceptors (Lipinski definition) is 5.